The van der Waals surface area contributed by atoms with Crippen LogP contribution >= 0.6 is 16.5 Å². The fraction of sp³-hybridized carbons (Fsp3) is 0.410. The van der Waals surface area contributed by atoms with E-state index in [-0.39, 0.29) is 21.7 Å². The molecule has 0 N–H and O–H groups in total. The largest absolute Gasteiger partial charge is 0.497 e. The van der Waals surface area contributed by atoms with Gasteiger partial charge in [0.2, 0.25) is 0 Å². The van der Waals surface area contributed by atoms with Crippen molar-refractivity contribution < 1.29 is 44.8 Å². The Labute approximate surface area is 433 Å². The summed E-state index contributed by atoms with van der Waals surface area (Å²) in [5.74, 6) is 4.07. The lowest BCUT2D eigenvalue weighted by molar-refractivity contribution is 0.413. The predicted molar refractivity (Wildman–Crippen MR) is 301 cm³/mol. The van der Waals surface area contributed by atoms with Crippen LogP contribution < -0.4 is 28.0 Å². The summed E-state index contributed by atoms with van der Waals surface area (Å²) in [6.45, 7) is 34.4. The molecule has 0 spiro atoms. The number of methoxy groups -OCH3 is 4. The Kier molecular flexibility index (Phi) is 14.3. The first kappa shape index (κ1) is 53.2. The third kappa shape index (κ3) is 10.5. The zero-order valence-corrected chi connectivity index (χ0v) is 48.4. The number of ether oxygens (including phenoxy) is 4. The van der Waals surface area contributed by atoms with Gasteiger partial charge < -0.3 is 44.8 Å². The van der Waals surface area contributed by atoms with Crippen LogP contribution in [0.2, 0.25) is 0 Å². The van der Waals surface area contributed by atoms with Gasteiger partial charge in [0.05, 0.1) is 28.4 Å². The molecule has 10 nitrogen and oxygen atoms in total. The molecule has 0 atom stereocenters. The molecule has 0 amide bonds. The van der Waals surface area contributed by atoms with E-state index in [1.165, 1.54) is 0 Å². The third-order valence-corrected chi connectivity index (χ3v) is 15.4. The Bertz CT molecular complexity index is 3350. The van der Waals surface area contributed by atoms with E-state index in [2.05, 4.69) is 135 Å². The zero-order valence-electron chi connectivity index (χ0n) is 46.6. The van der Waals surface area contributed by atoms with Crippen molar-refractivity contribution in [3.63, 3.8) is 0 Å². The SMILES string of the molecule is CCc1cc(C)cc(-c2cc(C)cc(C)c2Op2oc3c(C(C)(C)C)cc(OC)cc3c3cc(OC)cc(C(C)(C)C)c3o2)c1Op1oc2c(C(C)(C)C)cc(OC)cc2c2cc(OC)cc(C(C)(C)C)c2o1. The highest BCUT2D eigenvalue weighted by Gasteiger charge is 2.30. The average molecular weight is 1030 g/mol. The second-order valence-electron chi connectivity index (χ2n) is 23.3. The lowest BCUT2D eigenvalue weighted by Crippen LogP contribution is -2.12. The molecule has 0 unspecified atom stereocenters. The number of hydrogen-bond donors (Lipinski definition) is 0. The number of hydrogen-bond acceptors (Lipinski definition) is 10. The maximum atomic E-state index is 7.37. The summed E-state index contributed by atoms with van der Waals surface area (Å²) in [6.07, 6.45) is 0.667. The quantitative estimate of drug-likeness (QED) is 0.131. The molecule has 12 heteroatoms. The highest BCUT2D eigenvalue weighted by Crippen LogP contribution is 2.52. The number of rotatable bonds is 10. The minimum atomic E-state index is -2.17. The molecule has 2 aromatic heterocycles. The monoisotopic (exact) mass is 1030 g/mol. The van der Waals surface area contributed by atoms with Crippen molar-refractivity contribution in [3.8, 4) is 45.6 Å². The van der Waals surface area contributed by atoms with Crippen LogP contribution in [0.3, 0.4) is 0 Å². The lowest BCUT2D eigenvalue weighted by Gasteiger charge is -2.21. The van der Waals surface area contributed by atoms with Gasteiger partial charge in [0.25, 0.3) is 0 Å². The molecule has 0 aliphatic rings. The summed E-state index contributed by atoms with van der Waals surface area (Å²) in [5, 5.41) is 3.32. The maximum Gasteiger partial charge on any atom is 0.453 e. The van der Waals surface area contributed by atoms with E-state index in [0.717, 1.165) is 77.2 Å². The van der Waals surface area contributed by atoms with Crippen LogP contribution in [-0.2, 0) is 28.1 Å². The number of benzene rings is 6. The highest BCUT2D eigenvalue weighted by atomic mass is 31.1. The molecule has 0 radical (unpaired) electrons. The van der Waals surface area contributed by atoms with E-state index in [0.29, 0.717) is 63.2 Å². The van der Waals surface area contributed by atoms with Crippen molar-refractivity contribution in [2.45, 2.75) is 139 Å². The van der Waals surface area contributed by atoms with Crippen molar-refractivity contribution in [1.29, 1.82) is 0 Å². The summed E-state index contributed by atoms with van der Waals surface area (Å²) in [7, 11) is 2.42. The summed E-state index contributed by atoms with van der Waals surface area (Å²) in [4.78, 5) is 0. The van der Waals surface area contributed by atoms with Gasteiger partial charge in [-0.25, -0.2) is 0 Å². The molecule has 73 heavy (non-hydrogen) atoms. The molecule has 0 bridgehead atoms. The van der Waals surface area contributed by atoms with E-state index in [9.17, 15) is 0 Å². The summed E-state index contributed by atoms with van der Waals surface area (Å²) in [5.41, 5.74) is 10.7. The van der Waals surface area contributed by atoms with Gasteiger partial charge in [-0.3, -0.25) is 0 Å². The first-order valence-corrected chi connectivity index (χ1v) is 27.2. The van der Waals surface area contributed by atoms with E-state index in [4.69, 9.17) is 44.8 Å². The van der Waals surface area contributed by atoms with Crippen molar-refractivity contribution in [3.05, 3.63) is 117 Å². The van der Waals surface area contributed by atoms with Gasteiger partial charge in [-0.1, -0.05) is 102 Å². The normalized spacial score (nSPS) is 12.4. The maximum absolute atomic E-state index is 7.37. The second kappa shape index (κ2) is 19.6. The lowest BCUT2D eigenvalue weighted by atomic mass is 9.84. The first-order valence-electron chi connectivity index (χ1n) is 25.0. The van der Waals surface area contributed by atoms with Crippen LogP contribution in [0.5, 0.6) is 34.5 Å². The van der Waals surface area contributed by atoms with Crippen LogP contribution in [0.1, 0.15) is 135 Å². The van der Waals surface area contributed by atoms with Crippen molar-refractivity contribution in [2.24, 2.45) is 0 Å². The summed E-state index contributed by atoms with van der Waals surface area (Å²) >= 11 is 0. The molecule has 0 aliphatic heterocycles. The van der Waals surface area contributed by atoms with Crippen LogP contribution in [0.25, 0.3) is 55.0 Å². The Morgan fingerprint density at radius 2 is 0.671 bits per heavy atom. The Morgan fingerprint density at radius 1 is 0.384 bits per heavy atom. The molecule has 6 aromatic carbocycles. The summed E-state index contributed by atoms with van der Waals surface area (Å²) in [6, 6.07) is 24.9. The molecule has 388 valence electrons. The van der Waals surface area contributed by atoms with Crippen LogP contribution in [0.15, 0.2) is 89.6 Å². The molecule has 2 heterocycles. The third-order valence-electron chi connectivity index (χ3n) is 13.4. The Balaban J connectivity index is 1.45. The van der Waals surface area contributed by atoms with Crippen LogP contribution in [0, 0.1) is 20.8 Å². The highest BCUT2D eigenvalue weighted by molar-refractivity contribution is 7.32. The minimum absolute atomic E-state index is 0.352. The molecule has 8 aromatic rings. The average Bonchev–Trinajstić information content (AvgIpc) is 3.56. The van der Waals surface area contributed by atoms with Gasteiger partial charge >= 0.3 is 16.5 Å². The number of fused-ring (bicyclic) bond motifs is 6. The fourth-order valence-corrected chi connectivity index (χ4v) is 11.9. The van der Waals surface area contributed by atoms with Crippen molar-refractivity contribution >= 4 is 60.4 Å². The van der Waals surface area contributed by atoms with Gasteiger partial charge in [0.15, 0.2) is 0 Å². The van der Waals surface area contributed by atoms with Gasteiger partial charge in [-0.2, -0.15) is 0 Å². The molecule has 0 saturated heterocycles. The van der Waals surface area contributed by atoms with E-state index in [1.807, 2.05) is 48.5 Å². The molecular weight excluding hydrogens is 955 g/mol. The predicted octanol–water partition coefficient (Wildman–Crippen LogP) is 19.0. The van der Waals surface area contributed by atoms with Crippen molar-refractivity contribution in [1.82, 2.24) is 0 Å². The molecule has 0 fully saturated rings. The molecule has 0 aliphatic carbocycles. The van der Waals surface area contributed by atoms with E-state index in [1.54, 1.807) is 28.4 Å². The topological polar surface area (TPSA) is 108 Å². The van der Waals surface area contributed by atoms with Gasteiger partial charge in [-0.15, -0.1) is 0 Å². The van der Waals surface area contributed by atoms with E-state index >= 15 is 0 Å². The zero-order chi connectivity index (χ0) is 53.3. The fourth-order valence-electron chi connectivity index (χ4n) is 9.56. The minimum Gasteiger partial charge on any atom is -0.497 e. The molecule has 0 saturated carbocycles. The Morgan fingerprint density at radius 3 is 0.959 bits per heavy atom. The first-order chi connectivity index (χ1) is 34.2. The summed E-state index contributed by atoms with van der Waals surface area (Å²) < 4.78 is 67.2. The Hall–Kier alpha value is -6.08. The molecular formula is C61H74O10P2. The van der Waals surface area contributed by atoms with Gasteiger partial charge in [0.1, 0.15) is 56.8 Å². The van der Waals surface area contributed by atoms with Gasteiger partial charge in [0, 0.05) is 54.9 Å². The van der Waals surface area contributed by atoms with Crippen LogP contribution in [0.4, 0.5) is 0 Å². The van der Waals surface area contributed by atoms with Gasteiger partial charge in [-0.05, 0) is 132 Å². The van der Waals surface area contributed by atoms with E-state index < -0.39 is 16.5 Å². The standard InChI is InChI=1S/C61H74O10P2/c1-21-37-23-35(3)25-43(53(37)67-73-70-56-46(28-40(64-19)32-50(56)60(11,12)13)47-29-41(65-20)33-51(57(47)71-73)61(14,15)16)42-24-34(2)22-36(4)52(42)66-72-68-54-44(26-38(62-17)30-48(54)58(5,6)7)45-27-39(63-18)31-49(55(45)69-72)59(8,9)10/h22-33H,21H2,1-20H3. The van der Waals surface area contributed by atoms with Crippen LogP contribution in [-0.4, -0.2) is 28.4 Å². The molecule has 8 rings (SSSR count). The second-order valence-corrected chi connectivity index (χ2v) is 25.3. The number of aryl methyl sites for hydroxylation is 4. The van der Waals surface area contributed by atoms with Crippen molar-refractivity contribution in [2.75, 3.05) is 28.4 Å². The smallest absolute Gasteiger partial charge is 0.453 e.